The van der Waals surface area contributed by atoms with Crippen molar-refractivity contribution in [2.75, 3.05) is 0 Å². The molecule has 0 radical (unpaired) electrons. The minimum atomic E-state index is 0.738. The van der Waals surface area contributed by atoms with E-state index in [1.807, 2.05) is 0 Å². The highest BCUT2D eigenvalue weighted by Gasteiger charge is 2.08. The summed E-state index contributed by atoms with van der Waals surface area (Å²) in [6, 6.07) is 8.40. The lowest BCUT2D eigenvalue weighted by Gasteiger charge is -2.17. The zero-order chi connectivity index (χ0) is 9.10. The van der Waals surface area contributed by atoms with Gasteiger partial charge in [-0.05, 0) is 23.6 Å². The fraction of sp³-hybridized carbons (Fsp3) is 0.333. The third-order valence-corrected chi connectivity index (χ3v) is 2.28. The maximum absolute atomic E-state index is 5.61. The molecule has 0 fully saturated rings. The molecule has 1 heteroatoms. The Morgan fingerprint density at radius 1 is 1.31 bits per heavy atom. The summed E-state index contributed by atoms with van der Waals surface area (Å²) >= 11 is 0. The summed E-state index contributed by atoms with van der Waals surface area (Å²) in [6.45, 7) is 2.91. The normalized spacial score (nSPS) is 14.4. The molecule has 1 aromatic carbocycles. The van der Waals surface area contributed by atoms with Gasteiger partial charge < -0.3 is 4.74 Å². The molecule has 0 aliphatic carbocycles. The first-order chi connectivity index (χ1) is 6.40. The number of allylic oxidation sites excluding steroid dienone is 1. The summed E-state index contributed by atoms with van der Waals surface area (Å²) in [7, 11) is 0. The van der Waals surface area contributed by atoms with E-state index < -0.39 is 0 Å². The third kappa shape index (κ3) is 1.74. The molecule has 0 saturated carbocycles. The van der Waals surface area contributed by atoms with Gasteiger partial charge in [0.2, 0.25) is 0 Å². The molecule has 13 heavy (non-hydrogen) atoms. The molecule has 0 saturated heterocycles. The van der Waals surface area contributed by atoms with Gasteiger partial charge in [0.1, 0.15) is 6.61 Å². The van der Waals surface area contributed by atoms with Gasteiger partial charge in [-0.25, -0.2) is 0 Å². The zero-order valence-electron chi connectivity index (χ0n) is 7.92. The van der Waals surface area contributed by atoms with E-state index in [1.54, 1.807) is 0 Å². The van der Waals surface area contributed by atoms with Crippen LogP contribution in [0, 0.1) is 0 Å². The molecule has 1 aromatic rings. The highest BCUT2D eigenvalue weighted by molar-refractivity contribution is 5.56. The summed E-state index contributed by atoms with van der Waals surface area (Å²) in [5.74, 6) is 1.13. The van der Waals surface area contributed by atoms with Crippen LogP contribution >= 0.6 is 0 Å². The van der Waals surface area contributed by atoms with Crippen LogP contribution in [0.25, 0.3) is 6.08 Å². The molecule has 1 aliphatic heterocycles. The van der Waals surface area contributed by atoms with Crippen LogP contribution in [0.4, 0.5) is 0 Å². The number of hydrogen-bond acceptors (Lipinski definition) is 1. The molecule has 0 bridgehead atoms. The number of ether oxygens (including phenoxy) is 1. The van der Waals surface area contributed by atoms with Gasteiger partial charge in [0, 0.05) is 6.42 Å². The first kappa shape index (κ1) is 8.36. The van der Waals surface area contributed by atoms with Crippen LogP contribution in [0.15, 0.2) is 30.0 Å². The summed E-state index contributed by atoms with van der Waals surface area (Å²) in [5, 5.41) is 0. The Morgan fingerprint density at radius 2 is 2.15 bits per heavy atom. The molecule has 0 amide bonds. The summed E-state index contributed by atoms with van der Waals surface area (Å²) in [5.41, 5.74) is 2.61. The second-order valence-corrected chi connectivity index (χ2v) is 3.35. The van der Waals surface area contributed by atoms with Gasteiger partial charge in [-0.1, -0.05) is 31.2 Å². The molecule has 0 N–H and O–H groups in total. The van der Waals surface area contributed by atoms with E-state index in [0.717, 1.165) is 25.2 Å². The Morgan fingerprint density at radius 3 is 3.00 bits per heavy atom. The Hall–Kier alpha value is -1.24. The lowest BCUT2D eigenvalue weighted by molar-refractivity contribution is 0.187. The highest BCUT2D eigenvalue weighted by atomic mass is 16.5. The minimum absolute atomic E-state index is 0.738. The fourth-order valence-electron chi connectivity index (χ4n) is 1.58. The maximum Gasteiger partial charge on any atom is 0.113 e. The number of hydrogen-bond donors (Lipinski definition) is 0. The molecule has 0 unspecified atom stereocenters. The summed E-state index contributed by atoms with van der Waals surface area (Å²) in [4.78, 5) is 0. The van der Waals surface area contributed by atoms with Crippen LogP contribution in [0.2, 0.25) is 0 Å². The van der Waals surface area contributed by atoms with Gasteiger partial charge in [0.05, 0.1) is 5.76 Å². The average molecular weight is 174 g/mol. The first-order valence-corrected chi connectivity index (χ1v) is 4.81. The van der Waals surface area contributed by atoms with Gasteiger partial charge in [-0.3, -0.25) is 0 Å². The van der Waals surface area contributed by atoms with Crippen LogP contribution in [0.3, 0.4) is 0 Å². The second kappa shape index (κ2) is 3.65. The van der Waals surface area contributed by atoms with E-state index in [9.17, 15) is 0 Å². The smallest absolute Gasteiger partial charge is 0.113 e. The predicted octanol–water partition coefficient (Wildman–Crippen LogP) is 3.36. The van der Waals surface area contributed by atoms with Crippen molar-refractivity contribution in [3.05, 3.63) is 41.2 Å². The molecule has 0 spiro atoms. The first-order valence-electron chi connectivity index (χ1n) is 4.81. The van der Waals surface area contributed by atoms with Crippen molar-refractivity contribution in [3.8, 4) is 0 Å². The second-order valence-electron chi connectivity index (χ2n) is 3.35. The lowest BCUT2D eigenvalue weighted by atomic mass is 10.0. The number of rotatable bonds is 2. The van der Waals surface area contributed by atoms with Gasteiger partial charge in [0.25, 0.3) is 0 Å². The van der Waals surface area contributed by atoms with E-state index >= 15 is 0 Å². The molecule has 1 nitrogen and oxygen atoms in total. The van der Waals surface area contributed by atoms with Crippen LogP contribution in [-0.4, -0.2) is 0 Å². The van der Waals surface area contributed by atoms with Gasteiger partial charge in [-0.2, -0.15) is 0 Å². The summed E-state index contributed by atoms with van der Waals surface area (Å²) < 4.78 is 5.61. The van der Waals surface area contributed by atoms with E-state index in [0.29, 0.717) is 0 Å². The average Bonchev–Trinajstić information content (AvgIpc) is 2.18. The Bertz CT molecular complexity index is 326. The standard InChI is InChI=1S/C12H14O/c1-2-5-12-8-10-6-3-4-7-11(10)9-13-12/h3-4,6-8H,2,5,9H2,1H3. The molecule has 2 rings (SSSR count). The Balaban J connectivity index is 2.28. The van der Waals surface area contributed by atoms with E-state index in [-0.39, 0.29) is 0 Å². The largest absolute Gasteiger partial charge is 0.493 e. The predicted molar refractivity (Wildman–Crippen MR) is 54.1 cm³/mol. The highest BCUT2D eigenvalue weighted by Crippen LogP contribution is 2.23. The van der Waals surface area contributed by atoms with Crippen molar-refractivity contribution in [3.63, 3.8) is 0 Å². The van der Waals surface area contributed by atoms with Crippen LogP contribution in [0.1, 0.15) is 30.9 Å². The maximum atomic E-state index is 5.61. The fourth-order valence-corrected chi connectivity index (χ4v) is 1.58. The summed E-state index contributed by atoms with van der Waals surface area (Å²) in [6.07, 6.45) is 4.35. The van der Waals surface area contributed by atoms with Gasteiger partial charge in [-0.15, -0.1) is 0 Å². The minimum Gasteiger partial charge on any atom is -0.493 e. The molecular formula is C12H14O. The Labute approximate surface area is 79.0 Å². The van der Waals surface area contributed by atoms with Crippen molar-refractivity contribution in [1.82, 2.24) is 0 Å². The quantitative estimate of drug-likeness (QED) is 0.668. The third-order valence-electron chi connectivity index (χ3n) is 2.28. The van der Waals surface area contributed by atoms with Crippen molar-refractivity contribution in [1.29, 1.82) is 0 Å². The van der Waals surface area contributed by atoms with E-state index in [2.05, 4.69) is 37.3 Å². The molecule has 1 heterocycles. The zero-order valence-corrected chi connectivity index (χ0v) is 7.92. The van der Waals surface area contributed by atoms with Gasteiger partial charge in [0.15, 0.2) is 0 Å². The van der Waals surface area contributed by atoms with E-state index in [4.69, 9.17) is 4.74 Å². The van der Waals surface area contributed by atoms with Crippen LogP contribution < -0.4 is 0 Å². The Kier molecular flexibility index (Phi) is 2.35. The number of benzene rings is 1. The molecule has 0 aromatic heterocycles. The molecular weight excluding hydrogens is 160 g/mol. The lowest BCUT2D eigenvalue weighted by Crippen LogP contribution is -2.01. The monoisotopic (exact) mass is 174 g/mol. The van der Waals surface area contributed by atoms with Crippen molar-refractivity contribution >= 4 is 6.08 Å². The van der Waals surface area contributed by atoms with Crippen molar-refractivity contribution in [2.45, 2.75) is 26.4 Å². The van der Waals surface area contributed by atoms with Crippen LogP contribution in [-0.2, 0) is 11.3 Å². The SMILES string of the molecule is CCCC1=Cc2ccccc2CO1. The van der Waals surface area contributed by atoms with Crippen molar-refractivity contribution in [2.24, 2.45) is 0 Å². The molecule has 1 aliphatic rings. The van der Waals surface area contributed by atoms with Gasteiger partial charge >= 0.3 is 0 Å². The van der Waals surface area contributed by atoms with Crippen LogP contribution in [0.5, 0.6) is 0 Å². The topological polar surface area (TPSA) is 9.23 Å². The van der Waals surface area contributed by atoms with E-state index in [1.165, 1.54) is 11.1 Å². The molecule has 0 atom stereocenters. The number of fused-ring (bicyclic) bond motifs is 1. The molecule has 68 valence electrons. The van der Waals surface area contributed by atoms with Crippen molar-refractivity contribution < 1.29 is 4.74 Å².